The molecular weight excluding hydrogens is 278 g/mol. The van der Waals surface area contributed by atoms with Crippen LogP contribution >= 0.6 is 15.9 Å². The standard InChI is InChI=1S/C13H16BrN3/c1-3-4-12-15-5-6-17(12)13-10(2)7-11(8-14)9-16-13/h5-7,9H,3-4,8H2,1-2H3. The Bertz CT molecular complexity index is 505. The summed E-state index contributed by atoms with van der Waals surface area (Å²) in [5.41, 5.74) is 2.38. The van der Waals surface area contributed by atoms with E-state index in [1.807, 2.05) is 18.6 Å². The van der Waals surface area contributed by atoms with Gasteiger partial charge in [0.1, 0.15) is 11.6 Å². The second kappa shape index (κ2) is 5.45. The Kier molecular flexibility index (Phi) is 3.94. The number of aryl methyl sites for hydroxylation is 2. The molecule has 0 atom stereocenters. The van der Waals surface area contributed by atoms with Gasteiger partial charge in [0.15, 0.2) is 0 Å². The molecule has 0 fully saturated rings. The lowest BCUT2D eigenvalue weighted by atomic mass is 10.2. The molecule has 17 heavy (non-hydrogen) atoms. The average molecular weight is 294 g/mol. The van der Waals surface area contributed by atoms with Crippen LogP contribution in [-0.2, 0) is 11.8 Å². The summed E-state index contributed by atoms with van der Waals surface area (Å²) in [5, 5.41) is 0.840. The largest absolute Gasteiger partial charge is 0.288 e. The first kappa shape index (κ1) is 12.3. The van der Waals surface area contributed by atoms with Crippen LogP contribution in [0.3, 0.4) is 0 Å². The third-order valence-electron chi connectivity index (χ3n) is 2.68. The van der Waals surface area contributed by atoms with Gasteiger partial charge in [-0.2, -0.15) is 0 Å². The molecule has 0 aromatic carbocycles. The quantitative estimate of drug-likeness (QED) is 0.809. The molecule has 0 unspecified atom stereocenters. The van der Waals surface area contributed by atoms with Gasteiger partial charge < -0.3 is 0 Å². The van der Waals surface area contributed by atoms with E-state index in [9.17, 15) is 0 Å². The van der Waals surface area contributed by atoms with Gasteiger partial charge in [0, 0.05) is 30.3 Å². The van der Waals surface area contributed by atoms with Crippen LogP contribution in [0.4, 0.5) is 0 Å². The molecule has 0 aliphatic carbocycles. The Morgan fingerprint density at radius 3 is 2.82 bits per heavy atom. The number of nitrogens with zero attached hydrogens (tertiary/aromatic N) is 3. The molecule has 0 spiro atoms. The van der Waals surface area contributed by atoms with Gasteiger partial charge in [0.05, 0.1) is 0 Å². The summed E-state index contributed by atoms with van der Waals surface area (Å²) in [7, 11) is 0. The van der Waals surface area contributed by atoms with Gasteiger partial charge in [-0.05, 0) is 24.5 Å². The van der Waals surface area contributed by atoms with Gasteiger partial charge in [0.25, 0.3) is 0 Å². The van der Waals surface area contributed by atoms with E-state index >= 15 is 0 Å². The topological polar surface area (TPSA) is 30.7 Å². The molecular formula is C13H16BrN3. The van der Waals surface area contributed by atoms with Crippen molar-refractivity contribution >= 4 is 15.9 Å². The molecule has 90 valence electrons. The minimum atomic E-state index is 0.840. The highest BCUT2D eigenvalue weighted by molar-refractivity contribution is 9.08. The van der Waals surface area contributed by atoms with Crippen molar-refractivity contribution in [2.24, 2.45) is 0 Å². The molecule has 0 aliphatic rings. The van der Waals surface area contributed by atoms with Gasteiger partial charge in [-0.15, -0.1) is 0 Å². The Morgan fingerprint density at radius 1 is 1.35 bits per heavy atom. The smallest absolute Gasteiger partial charge is 0.140 e. The van der Waals surface area contributed by atoms with E-state index in [4.69, 9.17) is 0 Å². The van der Waals surface area contributed by atoms with Crippen molar-refractivity contribution in [1.29, 1.82) is 0 Å². The zero-order valence-electron chi connectivity index (χ0n) is 10.2. The zero-order valence-corrected chi connectivity index (χ0v) is 11.7. The monoisotopic (exact) mass is 293 g/mol. The number of imidazole rings is 1. The summed E-state index contributed by atoms with van der Waals surface area (Å²) < 4.78 is 2.08. The van der Waals surface area contributed by atoms with Crippen molar-refractivity contribution < 1.29 is 0 Å². The fraction of sp³-hybridized carbons (Fsp3) is 0.385. The van der Waals surface area contributed by atoms with Crippen LogP contribution in [0.1, 0.15) is 30.3 Å². The van der Waals surface area contributed by atoms with Gasteiger partial charge in [0.2, 0.25) is 0 Å². The summed E-state index contributed by atoms with van der Waals surface area (Å²) in [5.74, 6) is 2.06. The highest BCUT2D eigenvalue weighted by Gasteiger charge is 2.08. The van der Waals surface area contributed by atoms with E-state index in [0.29, 0.717) is 0 Å². The number of rotatable bonds is 4. The summed E-state index contributed by atoms with van der Waals surface area (Å²) in [4.78, 5) is 8.91. The number of aromatic nitrogens is 3. The Labute approximate surface area is 110 Å². The third kappa shape index (κ3) is 2.57. The van der Waals surface area contributed by atoms with Crippen LogP contribution in [0.5, 0.6) is 0 Å². The first-order chi connectivity index (χ1) is 8.26. The van der Waals surface area contributed by atoms with Crippen LogP contribution in [0.25, 0.3) is 5.82 Å². The van der Waals surface area contributed by atoms with Crippen LogP contribution in [-0.4, -0.2) is 14.5 Å². The van der Waals surface area contributed by atoms with Gasteiger partial charge in [-0.25, -0.2) is 9.97 Å². The lowest BCUT2D eigenvalue weighted by molar-refractivity contribution is 0.794. The van der Waals surface area contributed by atoms with Crippen LogP contribution in [0.15, 0.2) is 24.7 Å². The van der Waals surface area contributed by atoms with E-state index in [-0.39, 0.29) is 0 Å². The van der Waals surface area contributed by atoms with Gasteiger partial charge in [-0.3, -0.25) is 4.57 Å². The fourth-order valence-corrected chi connectivity index (χ4v) is 2.19. The fourth-order valence-electron chi connectivity index (χ4n) is 1.89. The molecule has 2 aromatic rings. The Hall–Kier alpha value is -1.16. The van der Waals surface area contributed by atoms with Crippen molar-refractivity contribution in [3.63, 3.8) is 0 Å². The molecule has 0 saturated heterocycles. The maximum absolute atomic E-state index is 4.53. The normalized spacial score (nSPS) is 10.8. The second-order valence-electron chi connectivity index (χ2n) is 4.08. The first-order valence-electron chi connectivity index (χ1n) is 5.80. The minimum absolute atomic E-state index is 0.840. The van der Waals surface area contributed by atoms with E-state index in [2.05, 4.69) is 50.4 Å². The summed E-state index contributed by atoms with van der Waals surface area (Å²) in [6.07, 6.45) is 7.80. The van der Waals surface area contributed by atoms with Gasteiger partial charge >= 0.3 is 0 Å². The van der Waals surface area contributed by atoms with Crippen LogP contribution < -0.4 is 0 Å². The molecule has 0 aliphatic heterocycles. The predicted molar refractivity (Wildman–Crippen MR) is 72.7 cm³/mol. The third-order valence-corrected chi connectivity index (χ3v) is 3.33. The van der Waals surface area contributed by atoms with Crippen molar-refractivity contribution in [2.75, 3.05) is 0 Å². The highest BCUT2D eigenvalue weighted by Crippen LogP contribution is 2.16. The second-order valence-corrected chi connectivity index (χ2v) is 4.64. The van der Waals surface area contributed by atoms with Crippen molar-refractivity contribution in [3.05, 3.63) is 41.6 Å². The predicted octanol–water partition coefficient (Wildman–Crippen LogP) is 3.42. The van der Waals surface area contributed by atoms with E-state index < -0.39 is 0 Å². The molecule has 3 nitrogen and oxygen atoms in total. The van der Waals surface area contributed by atoms with Crippen molar-refractivity contribution in [3.8, 4) is 5.82 Å². The Morgan fingerprint density at radius 2 is 2.18 bits per heavy atom. The maximum atomic E-state index is 4.53. The summed E-state index contributed by atoms with van der Waals surface area (Å²) in [6, 6.07) is 2.16. The van der Waals surface area contributed by atoms with Crippen molar-refractivity contribution in [2.45, 2.75) is 32.0 Å². The van der Waals surface area contributed by atoms with Crippen LogP contribution in [0, 0.1) is 6.92 Å². The molecule has 2 heterocycles. The SMILES string of the molecule is CCCc1nccn1-c1ncc(CBr)cc1C. The maximum Gasteiger partial charge on any atom is 0.140 e. The number of hydrogen-bond donors (Lipinski definition) is 0. The minimum Gasteiger partial charge on any atom is -0.288 e. The lowest BCUT2D eigenvalue weighted by Gasteiger charge is -2.10. The summed E-state index contributed by atoms with van der Waals surface area (Å²) in [6.45, 7) is 4.25. The highest BCUT2D eigenvalue weighted by atomic mass is 79.9. The van der Waals surface area contributed by atoms with E-state index in [1.54, 1.807) is 0 Å². The first-order valence-corrected chi connectivity index (χ1v) is 6.92. The van der Waals surface area contributed by atoms with Crippen LogP contribution in [0.2, 0.25) is 0 Å². The average Bonchev–Trinajstić information content (AvgIpc) is 2.77. The number of alkyl halides is 1. The van der Waals surface area contributed by atoms with Gasteiger partial charge in [-0.1, -0.05) is 28.9 Å². The summed E-state index contributed by atoms with van der Waals surface area (Å²) >= 11 is 3.45. The van der Waals surface area contributed by atoms with E-state index in [1.165, 1.54) is 11.1 Å². The lowest BCUT2D eigenvalue weighted by Crippen LogP contribution is -2.05. The Balaban J connectivity index is 2.42. The molecule has 4 heteroatoms. The number of hydrogen-bond acceptors (Lipinski definition) is 2. The molecule has 0 amide bonds. The molecule has 0 bridgehead atoms. The molecule has 0 saturated carbocycles. The molecule has 0 radical (unpaired) electrons. The number of halogens is 1. The van der Waals surface area contributed by atoms with Crippen molar-refractivity contribution in [1.82, 2.24) is 14.5 Å². The molecule has 0 N–H and O–H groups in total. The molecule has 2 rings (SSSR count). The van der Waals surface area contributed by atoms with E-state index in [0.717, 1.165) is 29.8 Å². The number of pyridine rings is 1. The zero-order chi connectivity index (χ0) is 12.3. The molecule has 2 aromatic heterocycles.